The topological polar surface area (TPSA) is 44.1 Å². The minimum absolute atomic E-state index is 0.349. The van der Waals surface area contributed by atoms with Gasteiger partial charge in [-0.25, -0.2) is 9.48 Å². The van der Waals surface area contributed by atoms with Crippen LogP contribution in [0, 0.1) is 0 Å². The standard InChI is InChI=1S/C12H11BrN2O2/c1-2-17-12(16)10-8-14-15(11(10)13)9-6-4-3-5-7-9/h3-8H,2H2,1H3. The number of esters is 1. The second kappa shape index (κ2) is 5.14. The molecule has 0 aliphatic carbocycles. The lowest BCUT2D eigenvalue weighted by Gasteiger charge is -2.03. The molecule has 88 valence electrons. The van der Waals surface area contributed by atoms with Crippen LogP contribution in [0.3, 0.4) is 0 Å². The van der Waals surface area contributed by atoms with Gasteiger partial charge >= 0.3 is 5.97 Å². The molecule has 2 rings (SSSR count). The first-order chi connectivity index (χ1) is 8.24. The molecule has 0 saturated heterocycles. The van der Waals surface area contributed by atoms with E-state index in [2.05, 4.69) is 21.0 Å². The molecule has 0 atom stereocenters. The summed E-state index contributed by atoms with van der Waals surface area (Å²) in [6.45, 7) is 2.12. The van der Waals surface area contributed by atoms with Gasteiger partial charge in [-0.1, -0.05) is 18.2 Å². The minimum atomic E-state index is -0.374. The normalized spacial score (nSPS) is 10.2. The van der Waals surface area contributed by atoms with E-state index < -0.39 is 0 Å². The maximum absolute atomic E-state index is 11.6. The second-order valence-electron chi connectivity index (χ2n) is 3.32. The smallest absolute Gasteiger partial charge is 0.342 e. The summed E-state index contributed by atoms with van der Waals surface area (Å²) in [5.74, 6) is -0.374. The predicted molar refractivity (Wildman–Crippen MR) is 67.2 cm³/mol. The van der Waals surface area contributed by atoms with Crippen LogP contribution in [0.15, 0.2) is 41.1 Å². The largest absolute Gasteiger partial charge is 0.462 e. The summed E-state index contributed by atoms with van der Waals surface area (Å²) in [4.78, 5) is 11.6. The zero-order valence-electron chi connectivity index (χ0n) is 9.26. The highest BCUT2D eigenvalue weighted by molar-refractivity contribution is 9.10. The molecule has 1 heterocycles. The number of aromatic nitrogens is 2. The molecule has 4 nitrogen and oxygen atoms in total. The molecule has 17 heavy (non-hydrogen) atoms. The lowest BCUT2D eigenvalue weighted by molar-refractivity contribution is 0.0525. The van der Waals surface area contributed by atoms with E-state index in [0.29, 0.717) is 16.8 Å². The average molecular weight is 295 g/mol. The Balaban J connectivity index is 2.37. The second-order valence-corrected chi connectivity index (χ2v) is 4.07. The van der Waals surface area contributed by atoms with Gasteiger partial charge in [-0.05, 0) is 35.0 Å². The van der Waals surface area contributed by atoms with E-state index in [4.69, 9.17) is 4.74 Å². The third-order valence-corrected chi connectivity index (χ3v) is 2.97. The van der Waals surface area contributed by atoms with Gasteiger partial charge in [0.15, 0.2) is 0 Å². The van der Waals surface area contributed by atoms with E-state index in [9.17, 15) is 4.79 Å². The Hall–Kier alpha value is -1.62. The summed E-state index contributed by atoms with van der Waals surface area (Å²) >= 11 is 3.36. The Bertz CT molecular complexity index is 523. The molecule has 0 amide bonds. The maximum atomic E-state index is 11.6. The molecule has 0 aliphatic heterocycles. The summed E-state index contributed by atoms with van der Waals surface area (Å²) in [5, 5.41) is 4.16. The summed E-state index contributed by atoms with van der Waals surface area (Å²) in [5.41, 5.74) is 1.31. The molecule has 2 aromatic rings. The number of benzene rings is 1. The van der Waals surface area contributed by atoms with E-state index in [0.717, 1.165) is 5.69 Å². The zero-order chi connectivity index (χ0) is 12.3. The number of nitrogens with zero attached hydrogens (tertiary/aromatic N) is 2. The van der Waals surface area contributed by atoms with Crippen molar-refractivity contribution in [3.63, 3.8) is 0 Å². The van der Waals surface area contributed by atoms with Crippen molar-refractivity contribution in [2.45, 2.75) is 6.92 Å². The summed E-state index contributed by atoms with van der Waals surface area (Å²) in [6.07, 6.45) is 1.50. The van der Waals surface area contributed by atoms with Crippen molar-refractivity contribution >= 4 is 21.9 Å². The lowest BCUT2D eigenvalue weighted by Crippen LogP contribution is -2.05. The van der Waals surface area contributed by atoms with Crippen LogP contribution in [0.1, 0.15) is 17.3 Å². The van der Waals surface area contributed by atoms with Gasteiger partial charge in [0, 0.05) is 0 Å². The third kappa shape index (κ3) is 2.39. The average Bonchev–Trinajstić information content (AvgIpc) is 2.72. The monoisotopic (exact) mass is 294 g/mol. The van der Waals surface area contributed by atoms with Gasteiger partial charge in [-0.15, -0.1) is 0 Å². The predicted octanol–water partition coefficient (Wildman–Crippen LogP) is 2.81. The molecular weight excluding hydrogens is 284 g/mol. The highest BCUT2D eigenvalue weighted by atomic mass is 79.9. The Morgan fingerprint density at radius 3 is 2.76 bits per heavy atom. The van der Waals surface area contributed by atoms with Crippen LogP contribution in [-0.4, -0.2) is 22.4 Å². The molecule has 0 unspecified atom stereocenters. The first-order valence-corrected chi connectivity index (χ1v) is 5.99. The van der Waals surface area contributed by atoms with E-state index in [-0.39, 0.29) is 5.97 Å². The molecule has 0 spiro atoms. The molecule has 1 aromatic carbocycles. The van der Waals surface area contributed by atoms with Gasteiger partial charge in [0.05, 0.1) is 18.5 Å². The summed E-state index contributed by atoms with van der Waals surface area (Å²) in [6, 6.07) is 9.56. The van der Waals surface area contributed by atoms with Crippen LogP contribution < -0.4 is 0 Å². The Kier molecular flexibility index (Phi) is 3.58. The van der Waals surface area contributed by atoms with E-state index in [1.165, 1.54) is 6.20 Å². The first-order valence-electron chi connectivity index (χ1n) is 5.20. The molecular formula is C12H11BrN2O2. The van der Waals surface area contributed by atoms with Gasteiger partial charge in [-0.2, -0.15) is 5.10 Å². The third-order valence-electron chi connectivity index (χ3n) is 2.21. The van der Waals surface area contributed by atoms with Crippen molar-refractivity contribution in [3.05, 3.63) is 46.7 Å². The highest BCUT2D eigenvalue weighted by Crippen LogP contribution is 2.21. The van der Waals surface area contributed by atoms with Crippen LogP contribution in [0.4, 0.5) is 0 Å². The molecule has 5 heteroatoms. The van der Waals surface area contributed by atoms with Gasteiger partial charge in [-0.3, -0.25) is 0 Å². The van der Waals surface area contributed by atoms with Crippen LogP contribution in [0.5, 0.6) is 0 Å². The number of ether oxygens (including phenoxy) is 1. The van der Waals surface area contributed by atoms with Gasteiger partial charge in [0.1, 0.15) is 10.2 Å². The quantitative estimate of drug-likeness (QED) is 0.818. The number of halogens is 1. The van der Waals surface area contributed by atoms with Crippen molar-refractivity contribution < 1.29 is 9.53 Å². The van der Waals surface area contributed by atoms with Gasteiger partial charge in [0.25, 0.3) is 0 Å². The fourth-order valence-corrected chi connectivity index (χ4v) is 1.99. The van der Waals surface area contributed by atoms with Crippen LogP contribution in [0.25, 0.3) is 5.69 Å². The van der Waals surface area contributed by atoms with E-state index in [1.54, 1.807) is 11.6 Å². The molecule has 0 bridgehead atoms. The van der Waals surface area contributed by atoms with E-state index >= 15 is 0 Å². The first kappa shape index (κ1) is 11.9. The van der Waals surface area contributed by atoms with Crippen LogP contribution >= 0.6 is 15.9 Å². The summed E-state index contributed by atoms with van der Waals surface area (Å²) < 4.78 is 7.18. The summed E-state index contributed by atoms with van der Waals surface area (Å²) in [7, 11) is 0. The van der Waals surface area contributed by atoms with Crippen molar-refractivity contribution in [2.24, 2.45) is 0 Å². The SMILES string of the molecule is CCOC(=O)c1cnn(-c2ccccc2)c1Br. The number of rotatable bonds is 3. The number of carbonyl (C=O) groups is 1. The maximum Gasteiger partial charge on any atom is 0.342 e. The van der Waals surface area contributed by atoms with Crippen molar-refractivity contribution in [2.75, 3.05) is 6.61 Å². The molecule has 0 N–H and O–H groups in total. The Morgan fingerprint density at radius 2 is 2.12 bits per heavy atom. The molecule has 0 radical (unpaired) electrons. The Labute approximate surface area is 107 Å². The number of para-hydroxylation sites is 1. The molecule has 0 fully saturated rings. The number of hydrogen-bond acceptors (Lipinski definition) is 3. The molecule has 0 aliphatic rings. The van der Waals surface area contributed by atoms with Crippen molar-refractivity contribution in [1.82, 2.24) is 9.78 Å². The van der Waals surface area contributed by atoms with Crippen LogP contribution in [-0.2, 0) is 4.74 Å². The van der Waals surface area contributed by atoms with Crippen molar-refractivity contribution in [1.29, 1.82) is 0 Å². The van der Waals surface area contributed by atoms with Gasteiger partial charge < -0.3 is 4.74 Å². The fourth-order valence-electron chi connectivity index (χ4n) is 1.43. The molecule has 0 saturated carbocycles. The van der Waals surface area contributed by atoms with Gasteiger partial charge in [0.2, 0.25) is 0 Å². The molecule has 1 aromatic heterocycles. The number of carbonyl (C=O) groups excluding carboxylic acids is 1. The van der Waals surface area contributed by atoms with E-state index in [1.807, 2.05) is 30.3 Å². The zero-order valence-corrected chi connectivity index (χ0v) is 10.8. The highest BCUT2D eigenvalue weighted by Gasteiger charge is 2.16. The van der Waals surface area contributed by atoms with Crippen LogP contribution in [0.2, 0.25) is 0 Å². The Morgan fingerprint density at radius 1 is 1.41 bits per heavy atom. The fraction of sp³-hybridized carbons (Fsp3) is 0.167. The number of hydrogen-bond donors (Lipinski definition) is 0. The minimum Gasteiger partial charge on any atom is -0.462 e. The lowest BCUT2D eigenvalue weighted by atomic mass is 10.3. The van der Waals surface area contributed by atoms with Crippen molar-refractivity contribution in [3.8, 4) is 5.69 Å².